The number of methoxy groups -OCH3 is 1. The van der Waals surface area contributed by atoms with Crippen molar-refractivity contribution in [2.45, 2.75) is 26.4 Å². The molecule has 0 saturated carbocycles. The van der Waals surface area contributed by atoms with Crippen LogP contribution in [-0.4, -0.2) is 25.8 Å². The Balaban J connectivity index is 3.41. The first-order valence-corrected chi connectivity index (χ1v) is 3.41. The molecular formula is C7H14O3. The molecule has 0 spiro atoms. The third-order valence-electron chi connectivity index (χ3n) is 1.11. The van der Waals surface area contributed by atoms with Crippen LogP contribution >= 0.6 is 0 Å². The summed E-state index contributed by atoms with van der Waals surface area (Å²) in [6.45, 7) is 4.28. The summed E-state index contributed by atoms with van der Waals surface area (Å²) in [5.74, 6) is -0.312. The third kappa shape index (κ3) is 3.45. The molecule has 0 aromatic carbocycles. The molecule has 0 radical (unpaired) electrons. The van der Waals surface area contributed by atoms with Crippen molar-refractivity contribution >= 4 is 5.97 Å². The van der Waals surface area contributed by atoms with E-state index in [9.17, 15) is 4.79 Å². The zero-order valence-electron chi connectivity index (χ0n) is 6.72. The lowest BCUT2D eigenvalue weighted by molar-refractivity contribution is -0.152. The average molecular weight is 146 g/mol. The molecule has 0 unspecified atom stereocenters. The van der Waals surface area contributed by atoms with Gasteiger partial charge in [-0.15, -0.1) is 0 Å². The van der Waals surface area contributed by atoms with Crippen molar-refractivity contribution in [1.29, 1.82) is 0 Å². The minimum absolute atomic E-state index is 0.312. The van der Waals surface area contributed by atoms with Crippen LogP contribution in [0.25, 0.3) is 0 Å². The van der Waals surface area contributed by atoms with Crippen LogP contribution in [0.4, 0.5) is 0 Å². The van der Waals surface area contributed by atoms with E-state index in [1.54, 1.807) is 6.92 Å². The second-order valence-corrected chi connectivity index (χ2v) is 2.04. The molecular weight excluding hydrogens is 132 g/mol. The fraction of sp³-hybridized carbons (Fsp3) is 0.857. The summed E-state index contributed by atoms with van der Waals surface area (Å²) in [6, 6.07) is 0. The zero-order chi connectivity index (χ0) is 7.98. The van der Waals surface area contributed by atoms with Gasteiger partial charge < -0.3 is 9.47 Å². The van der Waals surface area contributed by atoms with E-state index < -0.39 is 6.10 Å². The maximum atomic E-state index is 10.7. The molecule has 0 aliphatic carbocycles. The quantitative estimate of drug-likeness (QED) is 0.554. The first-order chi connectivity index (χ1) is 4.72. The van der Waals surface area contributed by atoms with Crippen LogP contribution in [0.1, 0.15) is 20.3 Å². The van der Waals surface area contributed by atoms with Gasteiger partial charge in [0.05, 0.1) is 7.11 Å². The highest BCUT2D eigenvalue weighted by molar-refractivity contribution is 5.73. The van der Waals surface area contributed by atoms with Gasteiger partial charge in [-0.3, -0.25) is 0 Å². The fourth-order valence-corrected chi connectivity index (χ4v) is 0.529. The van der Waals surface area contributed by atoms with Gasteiger partial charge in [0.15, 0.2) is 6.10 Å². The van der Waals surface area contributed by atoms with Crippen LogP contribution in [0, 0.1) is 0 Å². The number of esters is 1. The van der Waals surface area contributed by atoms with Crippen molar-refractivity contribution in [3.8, 4) is 0 Å². The van der Waals surface area contributed by atoms with Crippen molar-refractivity contribution in [3.63, 3.8) is 0 Å². The van der Waals surface area contributed by atoms with Gasteiger partial charge in [-0.1, -0.05) is 6.92 Å². The molecule has 0 amide bonds. The minimum Gasteiger partial charge on any atom is -0.467 e. The van der Waals surface area contributed by atoms with Crippen LogP contribution in [0.5, 0.6) is 0 Å². The molecule has 60 valence electrons. The van der Waals surface area contributed by atoms with Gasteiger partial charge in [0.2, 0.25) is 0 Å². The molecule has 0 aromatic heterocycles. The molecule has 3 nitrogen and oxygen atoms in total. The van der Waals surface area contributed by atoms with Gasteiger partial charge in [-0.25, -0.2) is 4.79 Å². The summed E-state index contributed by atoms with van der Waals surface area (Å²) >= 11 is 0. The second kappa shape index (κ2) is 5.23. The number of ether oxygens (including phenoxy) is 2. The molecule has 0 N–H and O–H groups in total. The topological polar surface area (TPSA) is 35.5 Å². The van der Waals surface area contributed by atoms with Gasteiger partial charge in [-0.05, 0) is 13.3 Å². The SMILES string of the molecule is CCCO[C@@H](C)C(=O)OC. The first-order valence-electron chi connectivity index (χ1n) is 3.41. The molecule has 0 aliphatic rings. The fourth-order valence-electron chi connectivity index (χ4n) is 0.529. The maximum absolute atomic E-state index is 10.7. The summed E-state index contributed by atoms with van der Waals surface area (Å²) in [6.07, 6.45) is 0.492. The molecule has 0 aliphatic heterocycles. The van der Waals surface area contributed by atoms with Crippen molar-refractivity contribution in [2.75, 3.05) is 13.7 Å². The monoisotopic (exact) mass is 146 g/mol. The lowest BCUT2D eigenvalue weighted by Gasteiger charge is -2.08. The van der Waals surface area contributed by atoms with Gasteiger partial charge in [-0.2, -0.15) is 0 Å². The van der Waals surface area contributed by atoms with Crippen molar-refractivity contribution in [1.82, 2.24) is 0 Å². The van der Waals surface area contributed by atoms with E-state index in [0.717, 1.165) is 6.42 Å². The molecule has 0 bridgehead atoms. The number of rotatable bonds is 4. The molecule has 0 rings (SSSR count). The van der Waals surface area contributed by atoms with Gasteiger partial charge in [0.25, 0.3) is 0 Å². The zero-order valence-corrected chi connectivity index (χ0v) is 6.72. The largest absolute Gasteiger partial charge is 0.467 e. The number of hydrogen-bond donors (Lipinski definition) is 0. The summed E-state index contributed by atoms with van der Waals surface area (Å²) in [5.41, 5.74) is 0. The van der Waals surface area contributed by atoms with Crippen LogP contribution < -0.4 is 0 Å². The Kier molecular flexibility index (Phi) is 4.94. The van der Waals surface area contributed by atoms with E-state index in [4.69, 9.17) is 4.74 Å². The lowest BCUT2D eigenvalue weighted by Crippen LogP contribution is -2.22. The van der Waals surface area contributed by atoms with E-state index in [0.29, 0.717) is 6.61 Å². The number of carbonyl (C=O) groups excluding carboxylic acids is 1. The molecule has 3 heteroatoms. The highest BCUT2D eigenvalue weighted by Crippen LogP contribution is 1.93. The Morgan fingerprint density at radius 3 is 2.60 bits per heavy atom. The predicted molar refractivity (Wildman–Crippen MR) is 37.7 cm³/mol. The van der Waals surface area contributed by atoms with Gasteiger partial charge >= 0.3 is 5.97 Å². The molecule has 0 saturated heterocycles. The van der Waals surface area contributed by atoms with Crippen LogP contribution in [0.3, 0.4) is 0 Å². The Bertz CT molecular complexity index is 101. The summed E-state index contributed by atoms with van der Waals surface area (Å²) in [7, 11) is 1.36. The van der Waals surface area contributed by atoms with Crippen LogP contribution in [0.15, 0.2) is 0 Å². The Hall–Kier alpha value is -0.570. The molecule has 10 heavy (non-hydrogen) atoms. The molecule has 1 atom stereocenters. The lowest BCUT2D eigenvalue weighted by atomic mass is 10.4. The Labute approximate surface area is 61.3 Å². The minimum atomic E-state index is -0.426. The van der Waals surface area contributed by atoms with Crippen LogP contribution in [0.2, 0.25) is 0 Å². The summed E-state index contributed by atoms with van der Waals surface area (Å²) < 4.78 is 9.51. The first kappa shape index (κ1) is 9.43. The molecule has 0 fully saturated rings. The second-order valence-electron chi connectivity index (χ2n) is 2.04. The summed E-state index contributed by atoms with van der Waals surface area (Å²) in [5, 5.41) is 0. The Morgan fingerprint density at radius 1 is 1.60 bits per heavy atom. The van der Waals surface area contributed by atoms with Crippen molar-refractivity contribution in [3.05, 3.63) is 0 Å². The molecule has 0 heterocycles. The van der Waals surface area contributed by atoms with E-state index in [1.165, 1.54) is 7.11 Å². The number of hydrogen-bond acceptors (Lipinski definition) is 3. The normalized spacial score (nSPS) is 12.7. The van der Waals surface area contributed by atoms with Gasteiger partial charge in [0.1, 0.15) is 0 Å². The van der Waals surface area contributed by atoms with E-state index in [1.807, 2.05) is 6.92 Å². The Morgan fingerprint density at radius 2 is 2.20 bits per heavy atom. The predicted octanol–water partition coefficient (Wildman–Crippen LogP) is 0.975. The van der Waals surface area contributed by atoms with Gasteiger partial charge in [0, 0.05) is 6.61 Å². The van der Waals surface area contributed by atoms with Crippen LogP contribution in [-0.2, 0) is 14.3 Å². The highest BCUT2D eigenvalue weighted by atomic mass is 16.6. The smallest absolute Gasteiger partial charge is 0.334 e. The maximum Gasteiger partial charge on any atom is 0.334 e. The highest BCUT2D eigenvalue weighted by Gasteiger charge is 2.11. The van der Waals surface area contributed by atoms with E-state index in [2.05, 4.69) is 4.74 Å². The molecule has 0 aromatic rings. The summed E-state index contributed by atoms with van der Waals surface area (Å²) in [4.78, 5) is 10.7. The average Bonchev–Trinajstić information content (AvgIpc) is 1.98. The van der Waals surface area contributed by atoms with Crippen molar-refractivity contribution < 1.29 is 14.3 Å². The third-order valence-corrected chi connectivity index (χ3v) is 1.11. The van der Waals surface area contributed by atoms with Crippen molar-refractivity contribution in [2.24, 2.45) is 0 Å². The standard InChI is InChI=1S/C7H14O3/c1-4-5-10-6(2)7(8)9-3/h6H,4-5H2,1-3H3/t6-/m0/s1. The van der Waals surface area contributed by atoms with E-state index in [-0.39, 0.29) is 5.97 Å². The van der Waals surface area contributed by atoms with E-state index >= 15 is 0 Å². The number of carbonyl (C=O) groups is 1.